The molecule has 16 heavy (non-hydrogen) atoms. The van der Waals surface area contributed by atoms with Crippen molar-refractivity contribution in [3.05, 3.63) is 41.1 Å². The lowest BCUT2D eigenvalue weighted by Crippen LogP contribution is -2.28. The van der Waals surface area contributed by atoms with Gasteiger partial charge in [-0.05, 0) is 34.1 Å². The number of anilines is 1. The summed E-state index contributed by atoms with van der Waals surface area (Å²) in [5.74, 6) is -0.538. The van der Waals surface area contributed by atoms with Gasteiger partial charge in [-0.1, -0.05) is 6.08 Å². The van der Waals surface area contributed by atoms with Crippen LogP contribution in [0.3, 0.4) is 0 Å². The summed E-state index contributed by atoms with van der Waals surface area (Å²) >= 11 is 3.17. The lowest BCUT2D eigenvalue weighted by Gasteiger charge is -2.07. The molecule has 1 amide bonds. The third kappa shape index (κ3) is 4.12. The van der Waals surface area contributed by atoms with Gasteiger partial charge in [0.2, 0.25) is 5.91 Å². The second-order valence-corrected chi connectivity index (χ2v) is 3.95. The Balaban J connectivity index is 2.52. The first-order valence-electron chi connectivity index (χ1n) is 4.70. The van der Waals surface area contributed by atoms with E-state index in [9.17, 15) is 9.18 Å². The topological polar surface area (TPSA) is 41.1 Å². The van der Waals surface area contributed by atoms with E-state index in [0.29, 0.717) is 16.7 Å². The Morgan fingerprint density at radius 2 is 2.31 bits per heavy atom. The summed E-state index contributed by atoms with van der Waals surface area (Å²) in [6.07, 6.45) is 1.67. The minimum Gasteiger partial charge on any atom is -0.324 e. The van der Waals surface area contributed by atoms with Gasteiger partial charge in [0.15, 0.2) is 0 Å². The minimum atomic E-state index is -0.352. The highest BCUT2D eigenvalue weighted by molar-refractivity contribution is 9.10. The summed E-state index contributed by atoms with van der Waals surface area (Å²) in [7, 11) is 0. The van der Waals surface area contributed by atoms with E-state index in [1.54, 1.807) is 6.08 Å². The smallest absolute Gasteiger partial charge is 0.238 e. The lowest BCUT2D eigenvalue weighted by atomic mass is 10.3. The number of rotatable bonds is 5. The number of benzene rings is 1. The normalized spacial score (nSPS) is 9.88. The first-order chi connectivity index (χ1) is 7.63. The largest absolute Gasteiger partial charge is 0.324 e. The van der Waals surface area contributed by atoms with E-state index in [2.05, 4.69) is 33.1 Å². The number of carbonyl (C=O) groups is 1. The molecule has 0 bridgehead atoms. The van der Waals surface area contributed by atoms with Crippen molar-refractivity contribution >= 4 is 27.5 Å². The predicted molar refractivity (Wildman–Crippen MR) is 65.8 cm³/mol. The summed E-state index contributed by atoms with van der Waals surface area (Å²) in [4.78, 5) is 11.4. The SMILES string of the molecule is C=CCNCC(=O)Nc1ccc(F)cc1Br. The van der Waals surface area contributed by atoms with Crippen LogP contribution >= 0.6 is 15.9 Å². The fourth-order valence-electron chi connectivity index (χ4n) is 1.07. The van der Waals surface area contributed by atoms with E-state index >= 15 is 0 Å². The van der Waals surface area contributed by atoms with Crippen molar-refractivity contribution in [2.75, 3.05) is 18.4 Å². The Bertz CT molecular complexity index is 396. The predicted octanol–water partition coefficient (Wildman–Crippen LogP) is 2.30. The first-order valence-corrected chi connectivity index (χ1v) is 5.49. The highest BCUT2D eigenvalue weighted by Crippen LogP contribution is 2.22. The van der Waals surface area contributed by atoms with Gasteiger partial charge in [-0.25, -0.2) is 4.39 Å². The molecule has 0 saturated heterocycles. The zero-order valence-corrected chi connectivity index (χ0v) is 10.2. The molecule has 0 aliphatic carbocycles. The molecule has 0 atom stereocenters. The second kappa shape index (κ2) is 6.40. The van der Waals surface area contributed by atoms with Gasteiger partial charge in [0.1, 0.15) is 5.82 Å². The van der Waals surface area contributed by atoms with Gasteiger partial charge in [-0.3, -0.25) is 4.79 Å². The van der Waals surface area contributed by atoms with Gasteiger partial charge in [-0.15, -0.1) is 6.58 Å². The summed E-state index contributed by atoms with van der Waals surface area (Å²) in [6, 6.07) is 4.09. The Kier molecular flexibility index (Phi) is 5.14. The van der Waals surface area contributed by atoms with Crippen LogP contribution in [0.1, 0.15) is 0 Å². The molecule has 0 spiro atoms. The molecular weight excluding hydrogens is 275 g/mol. The van der Waals surface area contributed by atoms with Gasteiger partial charge >= 0.3 is 0 Å². The van der Waals surface area contributed by atoms with Gasteiger partial charge < -0.3 is 10.6 Å². The van der Waals surface area contributed by atoms with E-state index in [4.69, 9.17) is 0 Å². The van der Waals surface area contributed by atoms with E-state index < -0.39 is 0 Å². The molecule has 5 heteroatoms. The average molecular weight is 287 g/mol. The molecule has 0 fully saturated rings. The van der Waals surface area contributed by atoms with Crippen molar-refractivity contribution in [2.24, 2.45) is 0 Å². The fraction of sp³-hybridized carbons (Fsp3) is 0.182. The quantitative estimate of drug-likeness (QED) is 0.644. The Labute approximate surface area is 102 Å². The van der Waals surface area contributed by atoms with Crippen LogP contribution < -0.4 is 10.6 Å². The Morgan fingerprint density at radius 3 is 2.94 bits per heavy atom. The van der Waals surface area contributed by atoms with Crippen molar-refractivity contribution in [2.45, 2.75) is 0 Å². The second-order valence-electron chi connectivity index (χ2n) is 3.09. The molecular formula is C11H12BrFN2O. The Morgan fingerprint density at radius 1 is 1.56 bits per heavy atom. The van der Waals surface area contributed by atoms with E-state index in [1.807, 2.05) is 0 Å². The summed E-state index contributed by atoms with van der Waals surface area (Å²) < 4.78 is 13.3. The molecule has 1 aromatic carbocycles. The lowest BCUT2D eigenvalue weighted by molar-refractivity contribution is -0.115. The molecule has 0 aliphatic rings. The third-order valence-corrected chi connectivity index (χ3v) is 2.44. The summed E-state index contributed by atoms with van der Waals surface area (Å²) in [6.45, 7) is 4.28. The third-order valence-electron chi connectivity index (χ3n) is 1.78. The average Bonchev–Trinajstić information content (AvgIpc) is 2.23. The van der Waals surface area contributed by atoms with Crippen LogP contribution in [0.25, 0.3) is 0 Å². The van der Waals surface area contributed by atoms with Crippen LogP contribution in [-0.2, 0) is 4.79 Å². The van der Waals surface area contributed by atoms with Crippen LogP contribution in [0.4, 0.5) is 10.1 Å². The van der Waals surface area contributed by atoms with Crippen molar-refractivity contribution < 1.29 is 9.18 Å². The molecule has 3 nitrogen and oxygen atoms in total. The molecule has 2 N–H and O–H groups in total. The molecule has 0 heterocycles. The van der Waals surface area contributed by atoms with Crippen molar-refractivity contribution in [1.82, 2.24) is 5.32 Å². The zero-order valence-electron chi connectivity index (χ0n) is 8.59. The standard InChI is InChI=1S/C11H12BrFN2O/c1-2-5-14-7-11(16)15-10-4-3-8(13)6-9(10)12/h2-4,6,14H,1,5,7H2,(H,15,16). The van der Waals surface area contributed by atoms with Crippen molar-refractivity contribution in [3.8, 4) is 0 Å². The van der Waals surface area contributed by atoms with Gasteiger partial charge in [0, 0.05) is 11.0 Å². The highest BCUT2D eigenvalue weighted by atomic mass is 79.9. The molecule has 0 radical (unpaired) electrons. The number of carbonyl (C=O) groups excluding carboxylic acids is 1. The molecule has 0 unspecified atom stereocenters. The molecule has 0 aliphatic heterocycles. The van der Waals surface area contributed by atoms with E-state index in [-0.39, 0.29) is 18.3 Å². The molecule has 86 valence electrons. The van der Waals surface area contributed by atoms with Crippen LogP contribution in [0, 0.1) is 5.82 Å². The fourth-order valence-corrected chi connectivity index (χ4v) is 1.52. The maximum atomic E-state index is 12.8. The van der Waals surface area contributed by atoms with Crippen molar-refractivity contribution in [3.63, 3.8) is 0 Å². The molecule has 0 saturated carbocycles. The minimum absolute atomic E-state index is 0.186. The zero-order chi connectivity index (χ0) is 12.0. The van der Waals surface area contributed by atoms with Crippen LogP contribution in [-0.4, -0.2) is 19.0 Å². The summed E-state index contributed by atoms with van der Waals surface area (Å²) in [5, 5.41) is 5.51. The molecule has 1 rings (SSSR count). The van der Waals surface area contributed by atoms with Crippen molar-refractivity contribution in [1.29, 1.82) is 0 Å². The van der Waals surface area contributed by atoms with Crippen LogP contribution in [0.5, 0.6) is 0 Å². The first kappa shape index (κ1) is 12.9. The molecule has 0 aromatic heterocycles. The number of hydrogen-bond donors (Lipinski definition) is 2. The van der Waals surface area contributed by atoms with Gasteiger partial charge in [0.25, 0.3) is 0 Å². The summed E-state index contributed by atoms with van der Waals surface area (Å²) in [5.41, 5.74) is 0.548. The number of amides is 1. The van der Waals surface area contributed by atoms with Gasteiger partial charge in [-0.2, -0.15) is 0 Å². The highest BCUT2D eigenvalue weighted by Gasteiger charge is 2.05. The Hall–Kier alpha value is -1.20. The number of nitrogens with one attached hydrogen (secondary N) is 2. The van der Waals surface area contributed by atoms with E-state index in [1.165, 1.54) is 18.2 Å². The molecule has 1 aromatic rings. The number of halogens is 2. The van der Waals surface area contributed by atoms with Gasteiger partial charge in [0.05, 0.1) is 12.2 Å². The maximum Gasteiger partial charge on any atom is 0.238 e. The van der Waals surface area contributed by atoms with Crippen LogP contribution in [0.15, 0.2) is 35.3 Å². The number of hydrogen-bond acceptors (Lipinski definition) is 2. The van der Waals surface area contributed by atoms with E-state index in [0.717, 1.165) is 0 Å². The maximum absolute atomic E-state index is 12.8. The van der Waals surface area contributed by atoms with Crippen LogP contribution in [0.2, 0.25) is 0 Å². The monoisotopic (exact) mass is 286 g/mol.